The van der Waals surface area contributed by atoms with Gasteiger partial charge < -0.3 is 14.2 Å². The van der Waals surface area contributed by atoms with Crippen LogP contribution in [0.1, 0.15) is 37.9 Å². The van der Waals surface area contributed by atoms with Crippen LogP contribution in [0.2, 0.25) is 0 Å². The fraction of sp³-hybridized carbons (Fsp3) is 0.786. The molecule has 0 saturated carbocycles. The van der Waals surface area contributed by atoms with Crippen LogP contribution in [0, 0.1) is 0 Å². The zero-order valence-corrected chi connectivity index (χ0v) is 11.6. The van der Waals surface area contributed by atoms with Gasteiger partial charge in [-0.3, -0.25) is 0 Å². The lowest BCUT2D eigenvalue weighted by Crippen LogP contribution is -2.37. The van der Waals surface area contributed by atoms with E-state index in [1.54, 1.807) is 0 Å². The van der Waals surface area contributed by atoms with E-state index in [0.717, 1.165) is 32.7 Å². The maximum Gasteiger partial charge on any atom is 0.112 e. The monoisotopic (exact) mass is 251 g/mol. The Hall–Kier alpha value is -0.870. The smallest absolute Gasteiger partial charge is 0.112 e. The van der Waals surface area contributed by atoms with Crippen molar-refractivity contribution in [3.05, 3.63) is 18.2 Å². The Morgan fingerprint density at radius 2 is 2.33 bits per heavy atom. The van der Waals surface area contributed by atoms with Gasteiger partial charge >= 0.3 is 0 Å². The average Bonchev–Trinajstić information content (AvgIpc) is 2.81. The van der Waals surface area contributed by atoms with Crippen LogP contribution in [0.3, 0.4) is 0 Å². The van der Waals surface area contributed by atoms with Gasteiger partial charge in [-0.2, -0.15) is 0 Å². The molecule has 0 aromatic carbocycles. The van der Waals surface area contributed by atoms with Crippen LogP contribution in [0.5, 0.6) is 0 Å². The molecule has 1 aromatic rings. The first kappa shape index (κ1) is 13.6. The van der Waals surface area contributed by atoms with E-state index in [2.05, 4.69) is 28.4 Å². The standard InChI is InChI=1S/C14H25N3O/c1-3-10-18-11-9-17-7-4-5-13(12-17)14-15-6-8-16(14)2/h6,8,13H,3-5,7,9-12H2,1-2H3/t13-/m1/s1. The fourth-order valence-corrected chi connectivity index (χ4v) is 2.68. The van der Waals surface area contributed by atoms with Crippen LogP contribution >= 0.6 is 0 Å². The van der Waals surface area contributed by atoms with Crippen molar-refractivity contribution >= 4 is 0 Å². The molecule has 102 valence electrons. The largest absolute Gasteiger partial charge is 0.380 e. The Bertz CT molecular complexity index is 351. The van der Waals surface area contributed by atoms with Crippen molar-refractivity contribution in [2.75, 3.05) is 32.8 Å². The molecule has 0 amide bonds. The van der Waals surface area contributed by atoms with Crippen molar-refractivity contribution in [3.63, 3.8) is 0 Å². The summed E-state index contributed by atoms with van der Waals surface area (Å²) < 4.78 is 7.73. The highest BCUT2D eigenvalue weighted by atomic mass is 16.5. The number of hydrogen-bond acceptors (Lipinski definition) is 3. The lowest BCUT2D eigenvalue weighted by Gasteiger charge is -2.32. The number of rotatable bonds is 6. The molecule has 0 bridgehead atoms. The van der Waals surface area contributed by atoms with E-state index in [4.69, 9.17) is 4.74 Å². The second kappa shape index (κ2) is 6.90. The molecule has 0 aliphatic carbocycles. The highest BCUT2D eigenvalue weighted by molar-refractivity contribution is 5.02. The average molecular weight is 251 g/mol. The molecular weight excluding hydrogens is 226 g/mol. The van der Waals surface area contributed by atoms with Gasteiger partial charge in [0.1, 0.15) is 5.82 Å². The number of hydrogen-bond donors (Lipinski definition) is 0. The van der Waals surface area contributed by atoms with Gasteiger partial charge in [0, 0.05) is 45.1 Å². The van der Waals surface area contributed by atoms with Crippen molar-refractivity contribution in [3.8, 4) is 0 Å². The number of aryl methyl sites for hydroxylation is 1. The van der Waals surface area contributed by atoms with Crippen molar-refractivity contribution in [2.24, 2.45) is 7.05 Å². The quantitative estimate of drug-likeness (QED) is 0.725. The normalized spacial score (nSPS) is 21.3. The molecule has 4 heteroatoms. The topological polar surface area (TPSA) is 30.3 Å². The number of nitrogens with zero attached hydrogens (tertiary/aromatic N) is 3. The van der Waals surface area contributed by atoms with Gasteiger partial charge in [0.25, 0.3) is 0 Å². The molecule has 18 heavy (non-hydrogen) atoms. The van der Waals surface area contributed by atoms with Crippen molar-refractivity contribution in [1.82, 2.24) is 14.5 Å². The number of likely N-dealkylation sites (tertiary alicyclic amines) is 1. The van der Waals surface area contributed by atoms with Crippen molar-refractivity contribution in [2.45, 2.75) is 32.1 Å². The molecule has 1 aromatic heterocycles. The molecule has 1 fully saturated rings. The first-order valence-electron chi connectivity index (χ1n) is 7.08. The molecule has 0 unspecified atom stereocenters. The molecule has 0 spiro atoms. The summed E-state index contributed by atoms with van der Waals surface area (Å²) in [5, 5.41) is 0. The van der Waals surface area contributed by atoms with E-state index >= 15 is 0 Å². The highest BCUT2D eigenvalue weighted by Gasteiger charge is 2.23. The van der Waals surface area contributed by atoms with Crippen LogP contribution in [-0.4, -0.2) is 47.3 Å². The minimum Gasteiger partial charge on any atom is -0.380 e. The van der Waals surface area contributed by atoms with Gasteiger partial charge in [-0.1, -0.05) is 6.92 Å². The van der Waals surface area contributed by atoms with Gasteiger partial charge in [-0.15, -0.1) is 0 Å². The maximum absolute atomic E-state index is 5.57. The predicted molar refractivity (Wildman–Crippen MR) is 72.7 cm³/mol. The van der Waals surface area contributed by atoms with Crippen LogP contribution in [0.25, 0.3) is 0 Å². The highest BCUT2D eigenvalue weighted by Crippen LogP contribution is 2.24. The van der Waals surface area contributed by atoms with Gasteiger partial charge in [0.05, 0.1) is 6.61 Å². The summed E-state index contributed by atoms with van der Waals surface area (Å²) in [6.45, 7) is 7.29. The Morgan fingerprint density at radius 3 is 3.06 bits per heavy atom. The summed E-state index contributed by atoms with van der Waals surface area (Å²) in [6, 6.07) is 0. The van der Waals surface area contributed by atoms with Gasteiger partial charge in [-0.25, -0.2) is 4.98 Å². The zero-order valence-electron chi connectivity index (χ0n) is 11.6. The molecular formula is C14H25N3O. The Kier molecular flexibility index (Phi) is 5.20. The number of ether oxygens (including phenoxy) is 1. The summed E-state index contributed by atoms with van der Waals surface area (Å²) in [5.74, 6) is 1.82. The third kappa shape index (κ3) is 3.56. The van der Waals surface area contributed by atoms with Crippen LogP contribution in [0.4, 0.5) is 0 Å². The zero-order chi connectivity index (χ0) is 12.8. The second-order valence-electron chi connectivity index (χ2n) is 5.15. The Labute approximate surface area is 110 Å². The van der Waals surface area contributed by atoms with E-state index in [0.29, 0.717) is 5.92 Å². The van der Waals surface area contributed by atoms with Crippen molar-refractivity contribution in [1.29, 1.82) is 0 Å². The van der Waals surface area contributed by atoms with E-state index < -0.39 is 0 Å². The summed E-state index contributed by atoms with van der Waals surface area (Å²) in [5.41, 5.74) is 0. The summed E-state index contributed by atoms with van der Waals surface area (Å²) in [6.07, 6.45) is 7.58. The third-order valence-electron chi connectivity index (χ3n) is 3.63. The maximum atomic E-state index is 5.57. The second-order valence-corrected chi connectivity index (χ2v) is 5.15. The lowest BCUT2D eigenvalue weighted by atomic mass is 9.97. The summed E-state index contributed by atoms with van der Waals surface area (Å²) in [7, 11) is 2.09. The first-order chi connectivity index (χ1) is 8.81. The van der Waals surface area contributed by atoms with Crippen LogP contribution < -0.4 is 0 Å². The predicted octanol–water partition coefficient (Wildman–Crippen LogP) is 2.03. The van der Waals surface area contributed by atoms with E-state index in [1.807, 2.05) is 12.4 Å². The Balaban J connectivity index is 1.80. The van der Waals surface area contributed by atoms with Crippen LogP contribution in [0.15, 0.2) is 12.4 Å². The van der Waals surface area contributed by atoms with Crippen molar-refractivity contribution < 1.29 is 4.74 Å². The minimum absolute atomic E-state index is 0.588. The molecule has 0 N–H and O–H groups in total. The molecule has 1 saturated heterocycles. The molecule has 1 aliphatic heterocycles. The molecule has 2 rings (SSSR count). The third-order valence-corrected chi connectivity index (χ3v) is 3.63. The molecule has 0 radical (unpaired) electrons. The van der Waals surface area contributed by atoms with Gasteiger partial charge in [0.2, 0.25) is 0 Å². The molecule has 2 heterocycles. The lowest BCUT2D eigenvalue weighted by molar-refractivity contribution is 0.0921. The number of aromatic nitrogens is 2. The summed E-state index contributed by atoms with van der Waals surface area (Å²) >= 11 is 0. The van der Waals surface area contributed by atoms with Gasteiger partial charge in [0.15, 0.2) is 0 Å². The van der Waals surface area contributed by atoms with E-state index in [1.165, 1.54) is 25.2 Å². The first-order valence-corrected chi connectivity index (χ1v) is 7.08. The molecule has 1 aliphatic rings. The van der Waals surface area contributed by atoms with Gasteiger partial charge in [-0.05, 0) is 25.8 Å². The summed E-state index contributed by atoms with van der Waals surface area (Å²) in [4.78, 5) is 7.00. The number of imidazole rings is 1. The Morgan fingerprint density at radius 1 is 1.44 bits per heavy atom. The number of piperidine rings is 1. The van der Waals surface area contributed by atoms with E-state index in [9.17, 15) is 0 Å². The minimum atomic E-state index is 0.588. The van der Waals surface area contributed by atoms with Crippen LogP contribution in [-0.2, 0) is 11.8 Å². The fourth-order valence-electron chi connectivity index (χ4n) is 2.68. The molecule has 1 atom stereocenters. The molecule has 4 nitrogen and oxygen atoms in total. The SMILES string of the molecule is CCCOCCN1CCC[C@@H](c2nccn2C)C1. The van der Waals surface area contributed by atoms with E-state index in [-0.39, 0.29) is 0 Å².